The topological polar surface area (TPSA) is 75.9 Å². The second-order valence-electron chi connectivity index (χ2n) is 4.50. The molecule has 1 aromatic carbocycles. The highest BCUT2D eigenvalue weighted by atomic mass is 79.9. The molecule has 0 aliphatic heterocycles. The molecule has 0 aliphatic rings. The van der Waals surface area contributed by atoms with Crippen LogP contribution in [0.1, 0.15) is 0 Å². The number of para-hydroxylation sites is 1. The van der Waals surface area contributed by atoms with Gasteiger partial charge in [0.05, 0.1) is 5.52 Å². The number of aromatic nitrogens is 5. The van der Waals surface area contributed by atoms with Gasteiger partial charge in [-0.05, 0) is 40.2 Å². The molecule has 3 heterocycles. The van der Waals surface area contributed by atoms with Crippen molar-refractivity contribution in [3.63, 3.8) is 0 Å². The molecule has 0 radical (unpaired) electrons. The van der Waals surface area contributed by atoms with Crippen LogP contribution in [-0.4, -0.2) is 24.6 Å². The highest BCUT2D eigenvalue weighted by Crippen LogP contribution is 2.24. The van der Waals surface area contributed by atoms with Crippen molar-refractivity contribution in [3.05, 3.63) is 57.7 Å². The molecule has 102 valence electrons. The van der Waals surface area contributed by atoms with E-state index in [4.69, 9.17) is 0 Å². The summed E-state index contributed by atoms with van der Waals surface area (Å²) >= 11 is 3.43. The summed E-state index contributed by atoms with van der Waals surface area (Å²) in [6, 6.07) is 9.28. The summed E-state index contributed by atoms with van der Waals surface area (Å²) in [5.41, 5.74) is 1.74. The number of hydrogen-bond acceptors (Lipinski definition) is 4. The van der Waals surface area contributed by atoms with E-state index >= 15 is 0 Å². The second-order valence-corrected chi connectivity index (χ2v) is 5.35. The number of nitrogens with one attached hydrogen (secondary N) is 1. The largest absolute Gasteiger partial charge is 0.348 e. The smallest absolute Gasteiger partial charge is 0.304 e. The molecule has 7 heteroatoms. The number of hydrogen-bond donors (Lipinski definition) is 1. The predicted molar refractivity (Wildman–Crippen MR) is 82.0 cm³/mol. The van der Waals surface area contributed by atoms with Crippen molar-refractivity contribution in [1.82, 2.24) is 24.6 Å². The van der Waals surface area contributed by atoms with Crippen LogP contribution in [0.5, 0.6) is 0 Å². The number of pyridine rings is 1. The molecule has 0 saturated heterocycles. The van der Waals surface area contributed by atoms with E-state index in [2.05, 4.69) is 36.0 Å². The maximum Gasteiger partial charge on any atom is 0.348 e. The summed E-state index contributed by atoms with van der Waals surface area (Å²) in [5.74, 6) is 0.496. The Kier molecular flexibility index (Phi) is 2.61. The summed E-state index contributed by atoms with van der Waals surface area (Å²) in [6.07, 6.45) is 3.33. The molecule has 0 aliphatic carbocycles. The molecule has 0 fully saturated rings. The monoisotopic (exact) mass is 341 g/mol. The van der Waals surface area contributed by atoms with E-state index in [1.54, 1.807) is 24.5 Å². The molecule has 0 saturated carbocycles. The van der Waals surface area contributed by atoms with Gasteiger partial charge in [-0.15, -0.1) is 5.10 Å². The van der Waals surface area contributed by atoms with Gasteiger partial charge in [0.15, 0.2) is 11.5 Å². The standard InChI is InChI=1S/C14H8BrN5O/c15-10-3-1-2-9-11(10)17-14(21)20-13(9)18-12(19-20)8-4-6-16-7-5-8/h1-7H,(H,17,21). The van der Waals surface area contributed by atoms with Crippen molar-refractivity contribution in [2.45, 2.75) is 0 Å². The molecule has 4 rings (SSSR count). The zero-order valence-corrected chi connectivity index (χ0v) is 12.2. The van der Waals surface area contributed by atoms with Crippen LogP contribution < -0.4 is 5.69 Å². The number of halogens is 1. The quantitative estimate of drug-likeness (QED) is 0.576. The van der Waals surface area contributed by atoms with Crippen molar-refractivity contribution in [2.24, 2.45) is 0 Å². The average Bonchev–Trinajstić information content (AvgIpc) is 2.96. The normalized spacial score (nSPS) is 11.3. The second kappa shape index (κ2) is 4.49. The van der Waals surface area contributed by atoms with Crippen LogP contribution in [0.2, 0.25) is 0 Å². The predicted octanol–water partition coefficient (Wildman–Crippen LogP) is 2.40. The van der Waals surface area contributed by atoms with E-state index in [0.29, 0.717) is 17.0 Å². The van der Waals surface area contributed by atoms with Gasteiger partial charge in [0.2, 0.25) is 0 Å². The van der Waals surface area contributed by atoms with Crippen LogP contribution >= 0.6 is 15.9 Å². The lowest BCUT2D eigenvalue weighted by Crippen LogP contribution is -2.17. The van der Waals surface area contributed by atoms with Crippen LogP contribution in [0.4, 0.5) is 0 Å². The number of benzene rings is 1. The van der Waals surface area contributed by atoms with E-state index in [-0.39, 0.29) is 5.69 Å². The molecule has 21 heavy (non-hydrogen) atoms. The Balaban J connectivity index is 2.12. The first kappa shape index (κ1) is 12.2. The lowest BCUT2D eigenvalue weighted by Gasteiger charge is -2.00. The van der Waals surface area contributed by atoms with Crippen LogP contribution in [0.25, 0.3) is 27.9 Å². The molecule has 4 aromatic rings. The van der Waals surface area contributed by atoms with Gasteiger partial charge in [-0.3, -0.25) is 4.98 Å². The van der Waals surface area contributed by atoms with Gasteiger partial charge >= 0.3 is 5.69 Å². The fraction of sp³-hybridized carbons (Fsp3) is 0. The molecular weight excluding hydrogens is 334 g/mol. The fourth-order valence-corrected chi connectivity index (χ4v) is 2.71. The SMILES string of the molecule is O=c1[nH]c2c(Br)cccc2c2nc(-c3ccncc3)nn12. The summed E-state index contributed by atoms with van der Waals surface area (Å²) in [5, 5.41) is 5.11. The third-order valence-corrected chi connectivity index (χ3v) is 3.89. The van der Waals surface area contributed by atoms with E-state index in [1.165, 1.54) is 4.52 Å². The van der Waals surface area contributed by atoms with Crippen LogP contribution in [0.15, 0.2) is 52.0 Å². The number of rotatable bonds is 1. The van der Waals surface area contributed by atoms with Gasteiger partial charge in [-0.1, -0.05) is 6.07 Å². The molecule has 0 unspecified atom stereocenters. The van der Waals surface area contributed by atoms with Gasteiger partial charge in [-0.2, -0.15) is 4.52 Å². The molecule has 1 N–H and O–H groups in total. The minimum atomic E-state index is -0.322. The molecule has 6 nitrogen and oxygen atoms in total. The summed E-state index contributed by atoms with van der Waals surface area (Å²) in [6.45, 7) is 0. The Morgan fingerprint density at radius 3 is 2.76 bits per heavy atom. The Hall–Kier alpha value is -2.54. The van der Waals surface area contributed by atoms with Crippen molar-refractivity contribution in [3.8, 4) is 11.4 Å². The molecule has 0 amide bonds. The van der Waals surface area contributed by atoms with E-state index in [1.807, 2.05) is 18.2 Å². The Bertz CT molecular complexity index is 1020. The lowest BCUT2D eigenvalue weighted by atomic mass is 10.2. The number of aromatic amines is 1. The van der Waals surface area contributed by atoms with Gasteiger partial charge < -0.3 is 4.98 Å². The highest BCUT2D eigenvalue weighted by molar-refractivity contribution is 9.10. The van der Waals surface area contributed by atoms with Crippen LogP contribution in [-0.2, 0) is 0 Å². The maximum atomic E-state index is 12.2. The molecular formula is C14H8BrN5O. The minimum Gasteiger partial charge on any atom is -0.304 e. The minimum absolute atomic E-state index is 0.322. The summed E-state index contributed by atoms with van der Waals surface area (Å²) < 4.78 is 2.10. The number of H-pyrrole nitrogens is 1. The van der Waals surface area contributed by atoms with Crippen molar-refractivity contribution in [1.29, 1.82) is 0 Å². The van der Waals surface area contributed by atoms with Gasteiger partial charge in [0, 0.05) is 27.8 Å². The Morgan fingerprint density at radius 1 is 1.14 bits per heavy atom. The first-order valence-corrected chi connectivity index (χ1v) is 7.01. The molecule has 0 atom stereocenters. The summed E-state index contributed by atoms with van der Waals surface area (Å²) in [7, 11) is 0. The molecule has 0 bridgehead atoms. The zero-order valence-electron chi connectivity index (χ0n) is 10.6. The lowest BCUT2D eigenvalue weighted by molar-refractivity contribution is 0.884. The first-order valence-electron chi connectivity index (χ1n) is 6.22. The third-order valence-electron chi connectivity index (χ3n) is 3.22. The average molecular weight is 342 g/mol. The summed E-state index contributed by atoms with van der Waals surface area (Å²) in [4.78, 5) is 23.4. The van der Waals surface area contributed by atoms with E-state index < -0.39 is 0 Å². The maximum absolute atomic E-state index is 12.2. The zero-order chi connectivity index (χ0) is 14.4. The van der Waals surface area contributed by atoms with Crippen molar-refractivity contribution in [2.75, 3.05) is 0 Å². The number of fused-ring (bicyclic) bond motifs is 3. The Morgan fingerprint density at radius 2 is 1.95 bits per heavy atom. The van der Waals surface area contributed by atoms with E-state index in [9.17, 15) is 4.79 Å². The molecule has 3 aromatic heterocycles. The van der Waals surface area contributed by atoms with Crippen molar-refractivity contribution >= 4 is 32.5 Å². The Labute approximate surface area is 126 Å². The highest BCUT2D eigenvalue weighted by Gasteiger charge is 2.13. The first-order chi connectivity index (χ1) is 10.2. The van der Waals surface area contributed by atoms with Gasteiger partial charge in [0.25, 0.3) is 0 Å². The van der Waals surface area contributed by atoms with E-state index in [0.717, 1.165) is 15.4 Å². The molecule has 0 spiro atoms. The van der Waals surface area contributed by atoms with Crippen LogP contribution in [0.3, 0.4) is 0 Å². The van der Waals surface area contributed by atoms with Crippen LogP contribution in [0, 0.1) is 0 Å². The third kappa shape index (κ3) is 1.85. The number of nitrogens with zero attached hydrogens (tertiary/aromatic N) is 4. The fourth-order valence-electron chi connectivity index (χ4n) is 2.25. The van der Waals surface area contributed by atoms with Crippen molar-refractivity contribution < 1.29 is 0 Å². The van der Waals surface area contributed by atoms with Gasteiger partial charge in [-0.25, -0.2) is 9.78 Å². The van der Waals surface area contributed by atoms with Gasteiger partial charge in [0.1, 0.15) is 0 Å².